The monoisotopic (exact) mass is 351 g/mol. The van der Waals surface area contributed by atoms with Crippen molar-refractivity contribution in [2.24, 2.45) is 0 Å². The molecule has 2 aromatic rings. The number of likely N-dealkylation sites (N-methyl/N-ethyl adjacent to an activating group) is 1. The van der Waals surface area contributed by atoms with E-state index >= 15 is 0 Å². The van der Waals surface area contributed by atoms with Gasteiger partial charge in [0, 0.05) is 27.3 Å². The van der Waals surface area contributed by atoms with Gasteiger partial charge in [-0.1, -0.05) is 18.2 Å². The SMILES string of the molecule is CN(Cc1cc(Br)cs1)C(=O)C1COc2ccccc21. The minimum absolute atomic E-state index is 0.111. The fourth-order valence-electron chi connectivity index (χ4n) is 2.38. The molecule has 3 nitrogen and oxygen atoms in total. The maximum Gasteiger partial charge on any atom is 0.233 e. The summed E-state index contributed by atoms with van der Waals surface area (Å²) in [6.45, 7) is 1.07. The van der Waals surface area contributed by atoms with Crippen LogP contribution in [0.25, 0.3) is 0 Å². The molecule has 0 spiro atoms. The molecule has 20 heavy (non-hydrogen) atoms. The van der Waals surface area contributed by atoms with Crippen LogP contribution in [0.3, 0.4) is 0 Å². The van der Waals surface area contributed by atoms with E-state index < -0.39 is 0 Å². The predicted octanol–water partition coefficient (Wildman–Crippen LogP) is 3.65. The highest BCUT2D eigenvalue weighted by Gasteiger charge is 2.32. The van der Waals surface area contributed by atoms with Crippen molar-refractivity contribution in [3.63, 3.8) is 0 Å². The molecule has 0 N–H and O–H groups in total. The van der Waals surface area contributed by atoms with E-state index in [0.29, 0.717) is 13.2 Å². The van der Waals surface area contributed by atoms with Crippen LogP contribution in [0.1, 0.15) is 16.4 Å². The minimum atomic E-state index is -0.181. The van der Waals surface area contributed by atoms with Gasteiger partial charge < -0.3 is 9.64 Å². The maximum absolute atomic E-state index is 12.6. The number of halogens is 1. The molecule has 3 rings (SSSR count). The Morgan fingerprint density at radius 3 is 3.05 bits per heavy atom. The van der Waals surface area contributed by atoms with Crippen molar-refractivity contribution in [2.45, 2.75) is 12.5 Å². The van der Waals surface area contributed by atoms with Crippen LogP contribution in [-0.4, -0.2) is 24.5 Å². The van der Waals surface area contributed by atoms with Gasteiger partial charge in [0.1, 0.15) is 18.3 Å². The highest BCUT2D eigenvalue weighted by atomic mass is 79.9. The number of thiophene rings is 1. The number of hydrogen-bond acceptors (Lipinski definition) is 3. The van der Waals surface area contributed by atoms with E-state index in [-0.39, 0.29) is 11.8 Å². The molecule has 0 fully saturated rings. The quantitative estimate of drug-likeness (QED) is 0.844. The van der Waals surface area contributed by atoms with Gasteiger partial charge in [-0.3, -0.25) is 4.79 Å². The molecule has 1 aliphatic heterocycles. The maximum atomic E-state index is 12.6. The molecule has 0 saturated heterocycles. The Kier molecular flexibility index (Phi) is 3.81. The molecule has 0 bridgehead atoms. The molecule has 1 unspecified atom stereocenters. The summed E-state index contributed by atoms with van der Waals surface area (Å²) in [7, 11) is 1.84. The Morgan fingerprint density at radius 1 is 1.50 bits per heavy atom. The Bertz CT molecular complexity index is 640. The number of amides is 1. The van der Waals surface area contributed by atoms with Gasteiger partial charge in [0.25, 0.3) is 0 Å². The van der Waals surface area contributed by atoms with Crippen LogP contribution >= 0.6 is 27.3 Å². The van der Waals surface area contributed by atoms with Crippen molar-refractivity contribution >= 4 is 33.2 Å². The molecule has 104 valence electrons. The van der Waals surface area contributed by atoms with Crippen molar-refractivity contribution < 1.29 is 9.53 Å². The molecule has 1 aromatic carbocycles. The lowest BCUT2D eigenvalue weighted by atomic mass is 10.00. The Hall–Kier alpha value is -1.33. The number of hydrogen-bond donors (Lipinski definition) is 0. The lowest BCUT2D eigenvalue weighted by Crippen LogP contribution is -2.31. The summed E-state index contributed by atoms with van der Waals surface area (Å²) in [5.41, 5.74) is 0.997. The van der Waals surface area contributed by atoms with Crippen LogP contribution in [0.15, 0.2) is 40.2 Å². The normalized spacial score (nSPS) is 16.6. The number of carbonyl (C=O) groups excluding carboxylic acids is 1. The van der Waals surface area contributed by atoms with Gasteiger partial charge >= 0.3 is 0 Å². The predicted molar refractivity (Wildman–Crippen MR) is 83.2 cm³/mol. The number of rotatable bonds is 3. The van der Waals surface area contributed by atoms with E-state index in [9.17, 15) is 4.79 Å². The number of para-hydroxylation sites is 1. The first kappa shape index (κ1) is 13.6. The third kappa shape index (κ3) is 2.60. The fraction of sp³-hybridized carbons (Fsp3) is 0.267. The number of nitrogens with zero attached hydrogens (tertiary/aromatic N) is 1. The standard InChI is InChI=1S/C15H14BrNO2S/c1-17(7-11-6-10(16)9-20-11)15(18)13-8-19-14-5-3-2-4-12(13)14/h2-6,9,13H,7-8H2,1H3. The van der Waals surface area contributed by atoms with E-state index in [1.807, 2.05) is 42.8 Å². The first-order valence-corrected chi connectivity index (χ1v) is 8.02. The topological polar surface area (TPSA) is 29.5 Å². The third-order valence-corrected chi connectivity index (χ3v) is 5.07. The van der Waals surface area contributed by atoms with Crippen LogP contribution < -0.4 is 4.74 Å². The molecule has 0 radical (unpaired) electrons. The van der Waals surface area contributed by atoms with Crippen LogP contribution in [-0.2, 0) is 11.3 Å². The summed E-state index contributed by atoms with van der Waals surface area (Å²) < 4.78 is 6.65. The molecular formula is C15H14BrNO2S. The Labute approximate surface area is 130 Å². The van der Waals surface area contributed by atoms with Gasteiger partial charge in [0.2, 0.25) is 5.91 Å². The number of ether oxygens (including phenoxy) is 1. The molecule has 1 aromatic heterocycles. The van der Waals surface area contributed by atoms with Crippen LogP contribution in [0.4, 0.5) is 0 Å². The first-order valence-electron chi connectivity index (χ1n) is 6.35. The highest BCUT2D eigenvalue weighted by molar-refractivity contribution is 9.10. The average Bonchev–Trinajstić information content (AvgIpc) is 3.04. The zero-order valence-corrected chi connectivity index (χ0v) is 13.4. The van der Waals surface area contributed by atoms with Gasteiger partial charge in [-0.25, -0.2) is 0 Å². The second kappa shape index (κ2) is 5.58. The lowest BCUT2D eigenvalue weighted by Gasteiger charge is -2.19. The minimum Gasteiger partial charge on any atom is -0.492 e. The van der Waals surface area contributed by atoms with Crippen molar-refractivity contribution in [3.8, 4) is 5.75 Å². The zero-order valence-electron chi connectivity index (χ0n) is 11.0. The average molecular weight is 352 g/mol. The molecule has 0 saturated carbocycles. The smallest absolute Gasteiger partial charge is 0.233 e. The first-order chi connectivity index (χ1) is 9.65. The van der Waals surface area contributed by atoms with Crippen LogP contribution in [0, 0.1) is 0 Å². The molecular weight excluding hydrogens is 338 g/mol. The third-order valence-electron chi connectivity index (χ3n) is 3.39. The summed E-state index contributed by atoms with van der Waals surface area (Å²) in [6, 6.07) is 9.82. The lowest BCUT2D eigenvalue weighted by molar-refractivity contribution is -0.132. The van der Waals surface area contributed by atoms with Crippen LogP contribution in [0.5, 0.6) is 5.75 Å². The van der Waals surface area contributed by atoms with Gasteiger partial charge in [-0.15, -0.1) is 11.3 Å². The molecule has 5 heteroatoms. The van der Waals surface area contributed by atoms with Gasteiger partial charge in [0.15, 0.2) is 0 Å². The summed E-state index contributed by atoms with van der Waals surface area (Å²) in [5.74, 6) is 0.761. The number of carbonyl (C=O) groups is 1. The summed E-state index contributed by atoms with van der Waals surface area (Å²) >= 11 is 5.09. The van der Waals surface area contributed by atoms with E-state index in [2.05, 4.69) is 15.9 Å². The molecule has 0 aliphatic carbocycles. The van der Waals surface area contributed by atoms with Crippen LogP contribution in [0.2, 0.25) is 0 Å². The molecule has 2 heterocycles. The van der Waals surface area contributed by atoms with Gasteiger partial charge in [-0.05, 0) is 28.1 Å². The molecule has 1 amide bonds. The van der Waals surface area contributed by atoms with E-state index in [0.717, 1.165) is 15.8 Å². The molecule has 1 atom stereocenters. The van der Waals surface area contributed by atoms with E-state index in [1.165, 1.54) is 4.88 Å². The van der Waals surface area contributed by atoms with E-state index in [1.54, 1.807) is 16.2 Å². The molecule has 1 aliphatic rings. The summed E-state index contributed by atoms with van der Waals surface area (Å²) in [6.07, 6.45) is 0. The Morgan fingerprint density at radius 2 is 2.30 bits per heavy atom. The van der Waals surface area contributed by atoms with E-state index in [4.69, 9.17) is 4.74 Å². The second-order valence-corrected chi connectivity index (χ2v) is 6.74. The second-order valence-electron chi connectivity index (χ2n) is 4.83. The van der Waals surface area contributed by atoms with Crippen molar-refractivity contribution in [3.05, 3.63) is 50.6 Å². The number of fused-ring (bicyclic) bond motifs is 1. The van der Waals surface area contributed by atoms with Gasteiger partial charge in [0.05, 0.1) is 6.54 Å². The Balaban J connectivity index is 1.73. The van der Waals surface area contributed by atoms with Crippen molar-refractivity contribution in [2.75, 3.05) is 13.7 Å². The highest BCUT2D eigenvalue weighted by Crippen LogP contribution is 2.34. The summed E-state index contributed by atoms with van der Waals surface area (Å²) in [4.78, 5) is 15.5. The fourth-order valence-corrected chi connectivity index (χ4v) is 3.88. The summed E-state index contributed by atoms with van der Waals surface area (Å²) in [5, 5.41) is 2.03. The van der Waals surface area contributed by atoms with Crippen molar-refractivity contribution in [1.82, 2.24) is 4.90 Å². The number of benzene rings is 1. The van der Waals surface area contributed by atoms with Gasteiger partial charge in [-0.2, -0.15) is 0 Å². The largest absolute Gasteiger partial charge is 0.492 e. The van der Waals surface area contributed by atoms with Crippen molar-refractivity contribution in [1.29, 1.82) is 0 Å². The zero-order chi connectivity index (χ0) is 14.1.